The van der Waals surface area contributed by atoms with Gasteiger partial charge in [-0.15, -0.1) is 0 Å². The van der Waals surface area contributed by atoms with Gasteiger partial charge in [-0.3, -0.25) is 9.69 Å². The van der Waals surface area contributed by atoms with Gasteiger partial charge in [0.1, 0.15) is 17.9 Å². The van der Waals surface area contributed by atoms with E-state index in [2.05, 4.69) is 25.9 Å². The maximum Gasteiger partial charge on any atom is 0.227 e. The lowest BCUT2D eigenvalue weighted by atomic mass is 9.93. The predicted octanol–water partition coefficient (Wildman–Crippen LogP) is 4.79. The number of benzene rings is 3. The zero-order chi connectivity index (χ0) is 29.4. The van der Waals surface area contributed by atoms with Gasteiger partial charge in [0.15, 0.2) is 17.2 Å². The third-order valence-corrected chi connectivity index (χ3v) is 7.68. The Labute approximate surface area is 242 Å². The highest BCUT2D eigenvalue weighted by molar-refractivity contribution is 5.96. The lowest BCUT2D eigenvalue weighted by Gasteiger charge is -2.14. The predicted molar refractivity (Wildman–Crippen MR) is 159 cm³/mol. The number of nitriles is 1. The van der Waals surface area contributed by atoms with Gasteiger partial charge in [0.2, 0.25) is 5.89 Å². The molecule has 4 N–H and O–H groups in total. The van der Waals surface area contributed by atoms with Gasteiger partial charge in [0, 0.05) is 36.5 Å². The maximum absolute atomic E-state index is 11.3. The Morgan fingerprint density at radius 3 is 2.71 bits per heavy atom. The molecule has 5 aromatic rings. The van der Waals surface area contributed by atoms with Gasteiger partial charge < -0.3 is 20.2 Å². The molecule has 1 fully saturated rings. The second kappa shape index (κ2) is 11.0. The van der Waals surface area contributed by atoms with Crippen LogP contribution in [0.3, 0.4) is 0 Å². The molecule has 3 aromatic carbocycles. The molecule has 0 bridgehead atoms. The zero-order valence-electron chi connectivity index (χ0n) is 23.3. The average Bonchev–Trinajstić information content (AvgIpc) is 3.74. The number of oxazole rings is 1. The van der Waals surface area contributed by atoms with Crippen LogP contribution in [0.1, 0.15) is 45.0 Å². The quantitative estimate of drug-likeness (QED) is 0.146. The third kappa shape index (κ3) is 5.07. The lowest BCUT2D eigenvalue weighted by Crippen LogP contribution is -2.22. The molecule has 2 aromatic heterocycles. The van der Waals surface area contributed by atoms with E-state index in [-0.39, 0.29) is 17.5 Å². The summed E-state index contributed by atoms with van der Waals surface area (Å²) in [6.45, 7) is 6.16. The number of aromatic nitrogens is 3. The smallest absolute Gasteiger partial charge is 0.227 e. The standard InChI is InChI=1S/C32H29N7O3/c1-18-24(5-3-7-26(18)32-38-28-12-20(17-40)11-21(13-33)29(28)42-32)25-6-4-8-27(19(25)2)37-30(34)31-35-14-22(36-31)15-39-10-9-23(41)16-39/h3-8,11-12,14,17,23,41H,9-10,15-16H2,1-2H3,(H2,34,37)(H,35,36)/t23-/m0/s1. The first kappa shape index (κ1) is 27.1. The maximum atomic E-state index is 11.3. The number of nitrogens with one attached hydrogen (secondary N) is 1. The molecule has 0 aliphatic carbocycles. The van der Waals surface area contributed by atoms with Crippen molar-refractivity contribution >= 4 is 28.9 Å². The fraction of sp³-hybridized carbons (Fsp3) is 0.219. The van der Waals surface area contributed by atoms with Crippen LogP contribution < -0.4 is 5.73 Å². The van der Waals surface area contributed by atoms with Crippen molar-refractivity contribution < 1.29 is 14.3 Å². The minimum atomic E-state index is -0.276. The number of aliphatic hydroxyl groups is 1. The van der Waals surface area contributed by atoms with Crippen LogP contribution in [-0.2, 0) is 6.54 Å². The molecule has 1 atom stereocenters. The fourth-order valence-corrected chi connectivity index (χ4v) is 5.47. The van der Waals surface area contributed by atoms with Crippen LogP contribution in [0.2, 0.25) is 0 Å². The molecule has 0 spiro atoms. The first-order chi connectivity index (χ1) is 20.3. The number of imidazole rings is 1. The van der Waals surface area contributed by atoms with Crippen molar-refractivity contribution in [2.45, 2.75) is 32.9 Å². The number of carbonyl (C=O) groups excluding carboxylic acids is 1. The number of H-pyrrole nitrogens is 1. The number of aromatic amines is 1. The molecule has 42 heavy (non-hydrogen) atoms. The zero-order valence-corrected chi connectivity index (χ0v) is 23.3. The molecule has 1 aliphatic heterocycles. The van der Waals surface area contributed by atoms with Gasteiger partial charge in [0.25, 0.3) is 0 Å². The Morgan fingerprint density at radius 1 is 1.21 bits per heavy atom. The summed E-state index contributed by atoms with van der Waals surface area (Å²) in [6.07, 6.45) is 2.95. The van der Waals surface area contributed by atoms with Crippen LogP contribution in [-0.4, -0.2) is 56.3 Å². The molecule has 6 rings (SSSR count). The first-order valence-corrected chi connectivity index (χ1v) is 13.6. The van der Waals surface area contributed by atoms with Crippen LogP contribution in [0.5, 0.6) is 0 Å². The Balaban J connectivity index is 1.31. The molecule has 210 valence electrons. The summed E-state index contributed by atoms with van der Waals surface area (Å²) in [4.78, 5) is 30.5. The van der Waals surface area contributed by atoms with Crippen LogP contribution in [0, 0.1) is 25.2 Å². The molecule has 0 unspecified atom stereocenters. The van der Waals surface area contributed by atoms with Crippen LogP contribution >= 0.6 is 0 Å². The highest BCUT2D eigenvalue weighted by Gasteiger charge is 2.21. The number of aliphatic imine (C=N–C) groups is 1. The van der Waals surface area contributed by atoms with E-state index in [0.717, 1.165) is 52.2 Å². The summed E-state index contributed by atoms with van der Waals surface area (Å²) >= 11 is 0. The number of carbonyl (C=O) groups is 1. The third-order valence-electron chi connectivity index (χ3n) is 7.68. The van der Waals surface area contributed by atoms with Crippen molar-refractivity contribution in [1.29, 1.82) is 5.26 Å². The number of hydrogen-bond donors (Lipinski definition) is 3. The fourth-order valence-electron chi connectivity index (χ4n) is 5.47. The molecule has 0 radical (unpaired) electrons. The van der Waals surface area contributed by atoms with Crippen LogP contribution in [0.25, 0.3) is 33.7 Å². The van der Waals surface area contributed by atoms with Crippen molar-refractivity contribution in [3.05, 3.63) is 88.5 Å². The Hall–Kier alpha value is -5.11. The molecule has 1 aliphatic rings. The Bertz CT molecular complexity index is 1900. The van der Waals surface area contributed by atoms with Gasteiger partial charge in [-0.1, -0.05) is 24.3 Å². The number of rotatable bonds is 7. The average molecular weight is 560 g/mol. The summed E-state index contributed by atoms with van der Waals surface area (Å²) in [6, 6.07) is 17.0. The number of nitrogens with zero attached hydrogens (tertiary/aromatic N) is 5. The van der Waals surface area contributed by atoms with E-state index in [1.807, 2.05) is 50.2 Å². The molecular formula is C32H29N7O3. The van der Waals surface area contributed by atoms with Crippen molar-refractivity contribution in [2.24, 2.45) is 10.7 Å². The molecule has 0 amide bonds. The lowest BCUT2D eigenvalue weighted by molar-refractivity contribution is 0.112. The number of nitrogens with two attached hydrogens (primary N) is 1. The van der Waals surface area contributed by atoms with Crippen LogP contribution in [0.4, 0.5) is 5.69 Å². The number of amidine groups is 1. The minimum Gasteiger partial charge on any atom is -0.435 e. The number of fused-ring (bicyclic) bond motifs is 1. The minimum absolute atomic E-state index is 0.264. The van der Waals surface area contributed by atoms with Crippen molar-refractivity contribution in [3.63, 3.8) is 0 Å². The summed E-state index contributed by atoms with van der Waals surface area (Å²) in [5.74, 6) is 1.15. The number of aliphatic hydroxyl groups excluding tert-OH is 1. The highest BCUT2D eigenvalue weighted by atomic mass is 16.3. The van der Waals surface area contributed by atoms with Crippen molar-refractivity contribution in [2.75, 3.05) is 13.1 Å². The molecule has 3 heterocycles. The van der Waals surface area contributed by atoms with Gasteiger partial charge in [-0.05, 0) is 66.8 Å². The number of aldehydes is 1. The number of β-amino-alcohol motifs (C(OH)–C–C–N with tert-alkyl or cyclic N) is 1. The molecule has 10 nitrogen and oxygen atoms in total. The largest absolute Gasteiger partial charge is 0.435 e. The van der Waals surface area contributed by atoms with E-state index in [4.69, 9.17) is 15.1 Å². The van der Waals surface area contributed by atoms with Crippen molar-refractivity contribution in [1.82, 2.24) is 19.9 Å². The topological polar surface area (TPSA) is 157 Å². The molecule has 10 heteroatoms. The first-order valence-electron chi connectivity index (χ1n) is 13.6. The Morgan fingerprint density at radius 2 is 1.98 bits per heavy atom. The SMILES string of the molecule is Cc1c(N=C(N)c2ncc(CN3CC[C@H](O)C3)[nH]2)cccc1-c1cccc(-c2nc3cc(C=O)cc(C#N)c3o2)c1C. The van der Waals surface area contributed by atoms with Crippen molar-refractivity contribution in [3.8, 4) is 28.7 Å². The molecular weight excluding hydrogens is 530 g/mol. The van der Waals surface area contributed by atoms with Gasteiger partial charge in [-0.2, -0.15) is 5.26 Å². The van der Waals surface area contributed by atoms with Gasteiger partial charge in [-0.25, -0.2) is 15.0 Å². The van der Waals surface area contributed by atoms with E-state index in [9.17, 15) is 15.2 Å². The normalized spacial score (nSPS) is 15.8. The molecule has 0 saturated carbocycles. The van der Waals surface area contributed by atoms with E-state index in [0.29, 0.717) is 47.8 Å². The monoisotopic (exact) mass is 559 g/mol. The summed E-state index contributed by atoms with van der Waals surface area (Å²) < 4.78 is 6.04. The van der Waals surface area contributed by atoms with E-state index in [1.165, 1.54) is 6.07 Å². The van der Waals surface area contributed by atoms with E-state index < -0.39 is 0 Å². The van der Waals surface area contributed by atoms with E-state index in [1.54, 1.807) is 12.3 Å². The summed E-state index contributed by atoms with van der Waals surface area (Å²) in [5, 5.41) is 19.3. The summed E-state index contributed by atoms with van der Waals surface area (Å²) in [5.41, 5.74) is 14.1. The highest BCUT2D eigenvalue weighted by Crippen LogP contribution is 2.37. The Kier molecular flexibility index (Phi) is 7.12. The van der Waals surface area contributed by atoms with Gasteiger partial charge >= 0.3 is 0 Å². The van der Waals surface area contributed by atoms with Crippen LogP contribution in [0.15, 0.2) is 64.1 Å². The van der Waals surface area contributed by atoms with Gasteiger partial charge in [0.05, 0.1) is 23.6 Å². The number of hydrogen-bond acceptors (Lipinski definition) is 8. The van der Waals surface area contributed by atoms with E-state index >= 15 is 0 Å². The second-order valence-corrected chi connectivity index (χ2v) is 10.5. The second-order valence-electron chi connectivity index (χ2n) is 10.5. The molecule has 1 saturated heterocycles. The number of likely N-dealkylation sites (tertiary alicyclic amines) is 1. The summed E-state index contributed by atoms with van der Waals surface area (Å²) in [7, 11) is 0.